The maximum Gasteiger partial charge on any atom is 0.123 e. The highest BCUT2D eigenvalue weighted by atomic mass is 32.1. The number of nitrogens with two attached hydrogens (primary N) is 1. The van der Waals surface area contributed by atoms with Gasteiger partial charge in [0.15, 0.2) is 0 Å². The molecule has 2 unspecified atom stereocenters. The highest BCUT2D eigenvalue weighted by Crippen LogP contribution is 2.27. The van der Waals surface area contributed by atoms with E-state index < -0.39 is 0 Å². The number of rotatable bonds is 4. The summed E-state index contributed by atoms with van der Waals surface area (Å²) in [6.45, 7) is 5.14. The SMILES string of the molecule is CC1CCCN(Cc2csc(-c3ccccc3)n2)C1CN. The normalized spacial score (nSPS) is 23.3. The Morgan fingerprint density at radius 1 is 1.33 bits per heavy atom. The quantitative estimate of drug-likeness (QED) is 0.941. The number of nitrogens with zero attached hydrogens (tertiary/aromatic N) is 2. The molecule has 2 N–H and O–H groups in total. The van der Waals surface area contributed by atoms with Crippen molar-refractivity contribution in [2.75, 3.05) is 13.1 Å². The average molecular weight is 301 g/mol. The van der Waals surface area contributed by atoms with Crippen LogP contribution < -0.4 is 5.73 Å². The van der Waals surface area contributed by atoms with Crippen molar-refractivity contribution in [2.24, 2.45) is 11.7 Å². The van der Waals surface area contributed by atoms with Crippen molar-refractivity contribution in [3.05, 3.63) is 41.4 Å². The lowest BCUT2D eigenvalue weighted by atomic mass is 9.91. The van der Waals surface area contributed by atoms with Crippen LogP contribution in [0.15, 0.2) is 35.7 Å². The van der Waals surface area contributed by atoms with Crippen molar-refractivity contribution in [1.29, 1.82) is 0 Å². The summed E-state index contributed by atoms with van der Waals surface area (Å²) >= 11 is 1.73. The minimum atomic E-state index is 0.501. The van der Waals surface area contributed by atoms with Crippen LogP contribution >= 0.6 is 11.3 Å². The molecule has 0 bridgehead atoms. The second-order valence-electron chi connectivity index (χ2n) is 5.90. The first-order valence-electron chi connectivity index (χ1n) is 7.72. The topological polar surface area (TPSA) is 42.2 Å². The second kappa shape index (κ2) is 6.69. The number of benzene rings is 1. The average Bonchev–Trinajstić information content (AvgIpc) is 2.97. The molecule has 1 aromatic heterocycles. The fraction of sp³-hybridized carbons (Fsp3) is 0.471. The summed E-state index contributed by atoms with van der Waals surface area (Å²) in [5.41, 5.74) is 8.35. The number of likely N-dealkylation sites (tertiary alicyclic amines) is 1. The van der Waals surface area contributed by atoms with Gasteiger partial charge in [-0.3, -0.25) is 4.90 Å². The van der Waals surface area contributed by atoms with E-state index in [0.29, 0.717) is 12.0 Å². The van der Waals surface area contributed by atoms with Crippen molar-refractivity contribution >= 4 is 11.3 Å². The van der Waals surface area contributed by atoms with Gasteiger partial charge in [0.05, 0.1) is 5.69 Å². The third-order valence-electron chi connectivity index (χ3n) is 4.41. The predicted octanol–water partition coefficient (Wildman–Crippen LogP) is 3.37. The number of thiazole rings is 1. The standard InChI is InChI=1S/C17H23N3S/c1-13-6-5-9-20(16(13)10-18)11-15-12-21-17(19-15)14-7-3-2-4-8-14/h2-4,7-8,12-13,16H,5-6,9-11,18H2,1H3. The lowest BCUT2D eigenvalue weighted by molar-refractivity contribution is 0.0980. The zero-order valence-corrected chi connectivity index (χ0v) is 13.4. The molecule has 2 heterocycles. The Bertz CT molecular complexity index is 566. The number of hydrogen-bond donors (Lipinski definition) is 1. The van der Waals surface area contributed by atoms with Crippen LogP contribution in [0.25, 0.3) is 10.6 Å². The summed E-state index contributed by atoms with van der Waals surface area (Å²) in [6, 6.07) is 10.9. The molecule has 2 aromatic rings. The van der Waals surface area contributed by atoms with Gasteiger partial charge in [0, 0.05) is 30.1 Å². The first-order valence-corrected chi connectivity index (χ1v) is 8.60. The fourth-order valence-electron chi connectivity index (χ4n) is 3.21. The van der Waals surface area contributed by atoms with E-state index in [-0.39, 0.29) is 0 Å². The lowest BCUT2D eigenvalue weighted by Crippen LogP contribution is -2.48. The fourth-order valence-corrected chi connectivity index (χ4v) is 4.03. The zero-order chi connectivity index (χ0) is 14.7. The molecule has 1 aromatic carbocycles. The maximum absolute atomic E-state index is 5.97. The summed E-state index contributed by atoms with van der Waals surface area (Å²) in [5.74, 6) is 0.691. The molecule has 0 aliphatic carbocycles. The number of hydrogen-bond acceptors (Lipinski definition) is 4. The highest BCUT2D eigenvalue weighted by molar-refractivity contribution is 7.13. The Labute approximate surface area is 130 Å². The molecule has 2 atom stereocenters. The molecule has 0 amide bonds. The maximum atomic E-state index is 5.97. The van der Waals surface area contributed by atoms with E-state index in [2.05, 4.69) is 41.5 Å². The van der Waals surface area contributed by atoms with Crippen molar-refractivity contribution in [3.8, 4) is 10.6 Å². The second-order valence-corrected chi connectivity index (χ2v) is 6.76. The van der Waals surface area contributed by atoms with Gasteiger partial charge < -0.3 is 5.73 Å². The Balaban J connectivity index is 1.72. The molecule has 21 heavy (non-hydrogen) atoms. The zero-order valence-electron chi connectivity index (χ0n) is 12.5. The summed E-state index contributed by atoms with van der Waals surface area (Å²) < 4.78 is 0. The minimum Gasteiger partial charge on any atom is -0.329 e. The molecule has 3 nitrogen and oxygen atoms in total. The molecule has 1 fully saturated rings. The van der Waals surface area contributed by atoms with Gasteiger partial charge in [0.2, 0.25) is 0 Å². The minimum absolute atomic E-state index is 0.501. The van der Waals surface area contributed by atoms with Crippen molar-refractivity contribution in [2.45, 2.75) is 32.4 Å². The van der Waals surface area contributed by atoms with E-state index in [1.165, 1.54) is 24.1 Å². The lowest BCUT2D eigenvalue weighted by Gasteiger charge is -2.39. The van der Waals surface area contributed by atoms with Crippen LogP contribution in [-0.2, 0) is 6.54 Å². The van der Waals surface area contributed by atoms with Crippen molar-refractivity contribution in [3.63, 3.8) is 0 Å². The van der Waals surface area contributed by atoms with Crippen LogP contribution in [0, 0.1) is 5.92 Å². The first-order chi connectivity index (χ1) is 10.3. The van der Waals surface area contributed by atoms with Gasteiger partial charge in [-0.15, -0.1) is 11.3 Å². The summed E-state index contributed by atoms with van der Waals surface area (Å²) in [5, 5.41) is 3.30. The molecule has 1 saturated heterocycles. The molecule has 4 heteroatoms. The van der Waals surface area contributed by atoms with Gasteiger partial charge in [0.1, 0.15) is 5.01 Å². The summed E-state index contributed by atoms with van der Waals surface area (Å²) in [4.78, 5) is 7.32. The number of piperidine rings is 1. The molecule has 0 radical (unpaired) electrons. The Hall–Kier alpha value is -1.23. The largest absolute Gasteiger partial charge is 0.329 e. The molecule has 112 valence electrons. The molecule has 1 aliphatic rings. The highest BCUT2D eigenvalue weighted by Gasteiger charge is 2.27. The van der Waals surface area contributed by atoms with E-state index in [4.69, 9.17) is 10.7 Å². The van der Waals surface area contributed by atoms with Gasteiger partial charge >= 0.3 is 0 Å². The summed E-state index contributed by atoms with van der Waals surface area (Å²) in [7, 11) is 0. The van der Waals surface area contributed by atoms with Gasteiger partial charge in [-0.25, -0.2) is 4.98 Å². The Kier molecular flexibility index (Phi) is 4.68. The van der Waals surface area contributed by atoms with Crippen LogP contribution in [0.4, 0.5) is 0 Å². The van der Waals surface area contributed by atoms with Crippen LogP contribution in [0.1, 0.15) is 25.5 Å². The Morgan fingerprint density at radius 2 is 2.14 bits per heavy atom. The van der Waals surface area contributed by atoms with Crippen LogP contribution in [0.2, 0.25) is 0 Å². The monoisotopic (exact) mass is 301 g/mol. The van der Waals surface area contributed by atoms with Crippen LogP contribution in [0.3, 0.4) is 0 Å². The van der Waals surface area contributed by atoms with Gasteiger partial charge in [-0.05, 0) is 25.3 Å². The molecular weight excluding hydrogens is 278 g/mol. The van der Waals surface area contributed by atoms with Gasteiger partial charge in [-0.1, -0.05) is 37.3 Å². The molecule has 3 rings (SSSR count). The van der Waals surface area contributed by atoms with Crippen molar-refractivity contribution in [1.82, 2.24) is 9.88 Å². The van der Waals surface area contributed by atoms with Crippen LogP contribution in [-0.4, -0.2) is 29.0 Å². The van der Waals surface area contributed by atoms with Crippen molar-refractivity contribution < 1.29 is 0 Å². The predicted molar refractivity (Wildman–Crippen MR) is 89.2 cm³/mol. The number of aromatic nitrogens is 1. The Morgan fingerprint density at radius 3 is 2.90 bits per heavy atom. The third-order valence-corrected chi connectivity index (χ3v) is 5.35. The first kappa shape index (κ1) is 14.7. The molecule has 0 spiro atoms. The molecule has 0 saturated carbocycles. The molecule has 1 aliphatic heterocycles. The van der Waals surface area contributed by atoms with E-state index >= 15 is 0 Å². The van der Waals surface area contributed by atoms with E-state index in [1.807, 2.05) is 6.07 Å². The third kappa shape index (κ3) is 3.34. The van der Waals surface area contributed by atoms with E-state index in [1.54, 1.807) is 11.3 Å². The molecular formula is C17H23N3S. The smallest absolute Gasteiger partial charge is 0.123 e. The summed E-state index contributed by atoms with van der Waals surface area (Å²) in [6.07, 6.45) is 2.57. The van der Waals surface area contributed by atoms with Gasteiger partial charge in [0.25, 0.3) is 0 Å². The van der Waals surface area contributed by atoms with E-state index in [0.717, 1.165) is 24.6 Å². The van der Waals surface area contributed by atoms with E-state index in [9.17, 15) is 0 Å². The van der Waals surface area contributed by atoms with Crippen LogP contribution in [0.5, 0.6) is 0 Å². The van der Waals surface area contributed by atoms with Gasteiger partial charge in [-0.2, -0.15) is 0 Å².